The van der Waals surface area contributed by atoms with E-state index in [9.17, 15) is 0 Å². The van der Waals surface area contributed by atoms with E-state index in [1.54, 1.807) is 6.26 Å². The normalized spacial score (nSPS) is 12.6. The van der Waals surface area contributed by atoms with Crippen LogP contribution in [0.25, 0.3) is 0 Å². The van der Waals surface area contributed by atoms with Gasteiger partial charge in [0.05, 0.1) is 22.4 Å². The average molecular weight is 298 g/mol. The average Bonchev–Trinajstić information content (AvgIpc) is 2.92. The number of nitrogens with one attached hydrogen (secondary N) is 1. The highest BCUT2D eigenvalue weighted by Gasteiger charge is 2.14. The van der Waals surface area contributed by atoms with Crippen molar-refractivity contribution in [3.63, 3.8) is 0 Å². The molecule has 0 spiro atoms. The number of furan rings is 1. The SMILES string of the molecule is CCCNC(Cc1ccc(Cl)c(Cl)c1)c1ccco1. The highest BCUT2D eigenvalue weighted by atomic mass is 35.5. The van der Waals surface area contributed by atoms with E-state index >= 15 is 0 Å². The van der Waals surface area contributed by atoms with Crippen LogP contribution in [0.4, 0.5) is 0 Å². The van der Waals surface area contributed by atoms with Crippen LogP contribution in [0, 0.1) is 0 Å². The lowest BCUT2D eigenvalue weighted by Crippen LogP contribution is -2.23. The molecule has 1 atom stereocenters. The van der Waals surface area contributed by atoms with Crippen molar-refractivity contribution in [2.45, 2.75) is 25.8 Å². The van der Waals surface area contributed by atoms with E-state index in [-0.39, 0.29) is 6.04 Å². The molecule has 0 fully saturated rings. The van der Waals surface area contributed by atoms with E-state index in [2.05, 4.69) is 12.2 Å². The fourth-order valence-corrected chi connectivity index (χ4v) is 2.30. The molecular weight excluding hydrogens is 281 g/mol. The minimum Gasteiger partial charge on any atom is -0.468 e. The zero-order chi connectivity index (χ0) is 13.7. The van der Waals surface area contributed by atoms with Crippen LogP contribution in [0.15, 0.2) is 41.0 Å². The summed E-state index contributed by atoms with van der Waals surface area (Å²) in [5.41, 5.74) is 1.14. The standard InChI is InChI=1S/C15H17Cl2NO/c1-2-7-18-14(15-4-3-8-19-15)10-11-5-6-12(16)13(17)9-11/h3-6,8-9,14,18H,2,7,10H2,1H3. The molecule has 1 aromatic carbocycles. The molecule has 19 heavy (non-hydrogen) atoms. The van der Waals surface area contributed by atoms with Gasteiger partial charge in [-0.1, -0.05) is 36.2 Å². The maximum absolute atomic E-state index is 6.05. The van der Waals surface area contributed by atoms with Crippen LogP contribution in [0.3, 0.4) is 0 Å². The summed E-state index contributed by atoms with van der Waals surface area (Å²) < 4.78 is 5.50. The number of benzene rings is 1. The molecule has 2 nitrogen and oxygen atoms in total. The topological polar surface area (TPSA) is 25.2 Å². The van der Waals surface area contributed by atoms with Crippen molar-refractivity contribution in [2.24, 2.45) is 0 Å². The zero-order valence-corrected chi connectivity index (χ0v) is 12.3. The summed E-state index contributed by atoms with van der Waals surface area (Å²) in [5.74, 6) is 0.944. The van der Waals surface area contributed by atoms with Crippen molar-refractivity contribution < 1.29 is 4.42 Å². The third-order valence-electron chi connectivity index (χ3n) is 2.95. The lowest BCUT2D eigenvalue weighted by molar-refractivity contribution is 0.410. The Morgan fingerprint density at radius 3 is 2.68 bits per heavy atom. The van der Waals surface area contributed by atoms with Gasteiger partial charge in [0.15, 0.2) is 0 Å². The Labute approximate surface area is 123 Å². The maximum atomic E-state index is 6.05. The van der Waals surface area contributed by atoms with Crippen molar-refractivity contribution in [3.05, 3.63) is 58.0 Å². The molecule has 2 rings (SSSR count). The van der Waals surface area contributed by atoms with E-state index < -0.39 is 0 Å². The predicted octanol–water partition coefficient (Wildman–Crippen LogP) is 4.87. The second-order valence-electron chi connectivity index (χ2n) is 4.47. The molecule has 1 N–H and O–H groups in total. The van der Waals surface area contributed by atoms with Gasteiger partial charge in [0.1, 0.15) is 5.76 Å². The Balaban J connectivity index is 2.13. The minimum atomic E-state index is 0.159. The smallest absolute Gasteiger partial charge is 0.121 e. The summed E-state index contributed by atoms with van der Waals surface area (Å²) >= 11 is 12.0. The quantitative estimate of drug-likeness (QED) is 0.823. The minimum absolute atomic E-state index is 0.159. The van der Waals surface area contributed by atoms with Crippen molar-refractivity contribution in [1.29, 1.82) is 0 Å². The van der Waals surface area contributed by atoms with Gasteiger partial charge in [-0.3, -0.25) is 0 Å². The molecule has 102 valence electrons. The number of hydrogen-bond acceptors (Lipinski definition) is 2. The fraction of sp³-hybridized carbons (Fsp3) is 0.333. The van der Waals surface area contributed by atoms with Crippen LogP contribution >= 0.6 is 23.2 Å². The van der Waals surface area contributed by atoms with E-state index in [4.69, 9.17) is 27.6 Å². The molecular formula is C15H17Cl2NO. The van der Waals surface area contributed by atoms with Crippen molar-refractivity contribution in [3.8, 4) is 0 Å². The molecule has 0 bridgehead atoms. The predicted molar refractivity (Wildman–Crippen MR) is 79.9 cm³/mol. The number of rotatable bonds is 6. The first-order valence-corrected chi connectivity index (χ1v) is 7.17. The molecule has 4 heteroatoms. The van der Waals surface area contributed by atoms with E-state index in [1.807, 2.05) is 30.3 Å². The molecule has 2 aromatic rings. The molecule has 0 saturated carbocycles. The second kappa shape index (κ2) is 6.99. The molecule has 0 radical (unpaired) electrons. The first-order valence-electron chi connectivity index (χ1n) is 6.41. The molecule has 1 heterocycles. The monoisotopic (exact) mass is 297 g/mol. The molecule has 0 aliphatic carbocycles. The lowest BCUT2D eigenvalue weighted by Gasteiger charge is -2.16. The molecule has 0 amide bonds. The lowest BCUT2D eigenvalue weighted by atomic mass is 10.0. The van der Waals surface area contributed by atoms with Gasteiger partial charge in [-0.15, -0.1) is 0 Å². The van der Waals surface area contributed by atoms with Crippen LogP contribution in [-0.4, -0.2) is 6.54 Å². The third kappa shape index (κ3) is 4.00. The first-order chi connectivity index (χ1) is 9.20. The molecule has 0 aliphatic heterocycles. The van der Waals surface area contributed by atoms with Gasteiger partial charge >= 0.3 is 0 Å². The zero-order valence-electron chi connectivity index (χ0n) is 10.8. The summed E-state index contributed by atoms with van der Waals surface area (Å²) in [5, 5.41) is 4.66. The largest absolute Gasteiger partial charge is 0.468 e. The molecule has 1 aromatic heterocycles. The van der Waals surface area contributed by atoms with Gasteiger partial charge in [0.2, 0.25) is 0 Å². The third-order valence-corrected chi connectivity index (χ3v) is 3.69. The van der Waals surface area contributed by atoms with E-state index in [1.165, 1.54) is 0 Å². The Kier molecular flexibility index (Phi) is 5.32. The van der Waals surface area contributed by atoms with Crippen LogP contribution < -0.4 is 5.32 Å². The summed E-state index contributed by atoms with van der Waals surface area (Å²) in [6, 6.07) is 9.80. The van der Waals surface area contributed by atoms with Gasteiger partial charge in [0, 0.05) is 0 Å². The molecule has 1 unspecified atom stereocenters. The number of halogens is 2. The maximum Gasteiger partial charge on any atom is 0.121 e. The van der Waals surface area contributed by atoms with Crippen molar-refractivity contribution >= 4 is 23.2 Å². The Bertz CT molecular complexity index is 511. The summed E-state index contributed by atoms with van der Waals surface area (Å²) in [6.07, 6.45) is 3.60. The Morgan fingerprint density at radius 2 is 2.05 bits per heavy atom. The second-order valence-corrected chi connectivity index (χ2v) is 5.29. The van der Waals surface area contributed by atoms with E-state index in [0.29, 0.717) is 10.0 Å². The van der Waals surface area contributed by atoms with Gasteiger partial charge in [-0.25, -0.2) is 0 Å². The van der Waals surface area contributed by atoms with Crippen molar-refractivity contribution in [1.82, 2.24) is 5.32 Å². The van der Waals surface area contributed by atoms with Gasteiger partial charge in [-0.05, 0) is 49.2 Å². The van der Waals surface area contributed by atoms with Crippen molar-refractivity contribution in [2.75, 3.05) is 6.54 Å². The van der Waals surface area contributed by atoms with Crippen LogP contribution in [0.1, 0.15) is 30.7 Å². The van der Waals surface area contributed by atoms with Crippen LogP contribution in [-0.2, 0) is 6.42 Å². The summed E-state index contributed by atoms with van der Waals surface area (Å²) in [7, 11) is 0. The Hall–Kier alpha value is -0.960. The van der Waals surface area contributed by atoms with Gasteiger partial charge in [0.25, 0.3) is 0 Å². The molecule has 0 saturated heterocycles. The summed E-state index contributed by atoms with van der Waals surface area (Å²) in [4.78, 5) is 0. The first kappa shape index (κ1) is 14.4. The Morgan fingerprint density at radius 1 is 1.21 bits per heavy atom. The fourth-order valence-electron chi connectivity index (χ4n) is 1.98. The van der Waals surface area contributed by atoms with Crippen LogP contribution in [0.5, 0.6) is 0 Å². The summed E-state index contributed by atoms with van der Waals surface area (Å²) in [6.45, 7) is 3.10. The number of hydrogen-bond donors (Lipinski definition) is 1. The highest BCUT2D eigenvalue weighted by Crippen LogP contribution is 2.26. The molecule has 0 aliphatic rings. The van der Waals surface area contributed by atoms with Gasteiger partial charge in [-0.2, -0.15) is 0 Å². The van der Waals surface area contributed by atoms with Gasteiger partial charge < -0.3 is 9.73 Å². The van der Waals surface area contributed by atoms with E-state index in [0.717, 1.165) is 30.7 Å². The highest BCUT2D eigenvalue weighted by molar-refractivity contribution is 6.42. The van der Waals surface area contributed by atoms with Crippen LogP contribution in [0.2, 0.25) is 10.0 Å².